The summed E-state index contributed by atoms with van der Waals surface area (Å²) in [6, 6.07) is 29.5. The largest absolute Gasteiger partial charge is 0.456 e. The first-order valence-corrected chi connectivity index (χ1v) is 18.4. The van der Waals surface area contributed by atoms with Crippen LogP contribution in [-0.4, -0.2) is 59.0 Å². The fraction of sp³-hybridized carbons (Fsp3) is 0.424. The first-order valence-electron chi connectivity index (χ1n) is 14.8. The van der Waals surface area contributed by atoms with Crippen LogP contribution < -0.4 is 10.4 Å². The van der Waals surface area contributed by atoms with Gasteiger partial charge < -0.3 is 27.7 Å². The van der Waals surface area contributed by atoms with Crippen LogP contribution in [0.25, 0.3) is 0 Å². The number of hydrogen-bond donors (Lipinski definition) is 0. The van der Waals surface area contributed by atoms with Gasteiger partial charge in [-0.25, -0.2) is 4.79 Å². The van der Waals surface area contributed by atoms with Crippen LogP contribution in [0.3, 0.4) is 0 Å². The molecule has 0 radical (unpaired) electrons. The van der Waals surface area contributed by atoms with Crippen LogP contribution in [0.5, 0.6) is 0 Å². The summed E-state index contributed by atoms with van der Waals surface area (Å²) in [4.78, 5) is 13.1. The van der Waals surface area contributed by atoms with Crippen molar-refractivity contribution in [2.45, 2.75) is 64.6 Å². The molecule has 0 saturated carbocycles. The zero-order chi connectivity index (χ0) is 30.9. The number of carbonyl (C=O) groups is 1. The molecule has 3 atom stereocenters. The maximum atomic E-state index is 13.1. The average molecular weight is 627 g/mol. The van der Waals surface area contributed by atoms with Crippen molar-refractivity contribution in [3.05, 3.63) is 96.6 Å². The Morgan fingerprint density at radius 3 is 1.86 bits per heavy atom. The third kappa shape index (κ3) is 8.11. The van der Waals surface area contributed by atoms with Gasteiger partial charge in [0.25, 0.3) is 8.32 Å². The minimum Gasteiger partial charge on any atom is -0.456 e. The maximum absolute atomic E-state index is 13.1. The molecule has 43 heavy (non-hydrogen) atoms. The molecule has 3 aromatic rings. The Balaban J connectivity index is 1.62. The third-order valence-electron chi connectivity index (χ3n) is 7.38. The van der Waals surface area contributed by atoms with Gasteiger partial charge in [-0.15, -0.1) is 0 Å². The Labute approximate surface area is 256 Å². The summed E-state index contributed by atoms with van der Waals surface area (Å²) in [5.41, 5.74) is 0.440. The molecule has 1 fully saturated rings. The highest BCUT2D eigenvalue weighted by molar-refractivity contribution is 7.53. The summed E-state index contributed by atoms with van der Waals surface area (Å²) in [6.45, 7) is 10.7. The lowest BCUT2D eigenvalue weighted by atomic mass is 10.2. The van der Waals surface area contributed by atoms with E-state index in [-0.39, 0.29) is 37.6 Å². The third-order valence-corrected chi connectivity index (χ3v) is 14.2. The summed E-state index contributed by atoms with van der Waals surface area (Å²) in [6.07, 6.45) is -2.12. The summed E-state index contributed by atoms with van der Waals surface area (Å²) >= 11 is 0. The molecule has 4 rings (SSSR count). The van der Waals surface area contributed by atoms with Gasteiger partial charge >= 0.3 is 13.6 Å². The molecular weight excluding hydrogens is 583 g/mol. The zero-order valence-electron chi connectivity index (χ0n) is 25.6. The van der Waals surface area contributed by atoms with E-state index in [1.807, 2.05) is 42.5 Å². The minimum absolute atomic E-state index is 0.161. The molecule has 1 saturated heterocycles. The average Bonchev–Trinajstić information content (AvgIpc) is 3.39. The fourth-order valence-corrected chi connectivity index (χ4v) is 11.4. The molecule has 232 valence electrons. The second kappa shape index (κ2) is 14.9. The molecule has 0 aromatic heterocycles. The topological polar surface area (TPSA) is 89.5 Å². The van der Waals surface area contributed by atoms with E-state index in [1.54, 1.807) is 38.1 Å². The molecular formula is C33H43O8PSi. The van der Waals surface area contributed by atoms with Gasteiger partial charge in [0, 0.05) is 6.42 Å². The van der Waals surface area contributed by atoms with E-state index in [2.05, 4.69) is 45.0 Å². The smallest absolute Gasteiger partial charge is 0.356 e. The lowest BCUT2D eigenvalue weighted by Crippen LogP contribution is -2.67. The van der Waals surface area contributed by atoms with Crippen LogP contribution in [0.4, 0.5) is 0 Å². The molecule has 0 amide bonds. The standard InChI is InChI=1S/C33H43O8PSi/c1-6-37-42(35,38-7-2)25-36-31-23-29(41-32(34)26-17-11-8-12-18-26)30(40-31)24-39-43(33(3,4)5,27-19-13-9-14-20-27)28-21-15-10-16-22-28/h8-22,29-31H,6-7,23-25H2,1-5H3/t29-,30+,31-/m0/s1. The van der Waals surface area contributed by atoms with Crippen LogP contribution >= 0.6 is 7.60 Å². The zero-order valence-corrected chi connectivity index (χ0v) is 27.5. The van der Waals surface area contributed by atoms with E-state index in [1.165, 1.54) is 0 Å². The molecule has 1 heterocycles. The molecule has 3 aromatic carbocycles. The van der Waals surface area contributed by atoms with Crippen molar-refractivity contribution in [2.75, 3.05) is 26.2 Å². The second-order valence-electron chi connectivity index (χ2n) is 11.4. The summed E-state index contributed by atoms with van der Waals surface area (Å²) in [5.74, 6) is -0.459. The van der Waals surface area contributed by atoms with Gasteiger partial charge in [0.15, 0.2) is 12.6 Å². The molecule has 0 bridgehead atoms. The molecule has 8 nitrogen and oxygen atoms in total. The monoisotopic (exact) mass is 626 g/mol. The number of ether oxygens (including phenoxy) is 3. The normalized spacial score (nSPS) is 19.3. The van der Waals surface area contributed by atoms with E-state index in [4.69, 9.17) is 27.7 Å². The van der Waals surface area contributed by atoms with Crippen molar-refractivity contribution in [2.24, 2.45) is 0 Å². The van der Waals surface area contributed by atoms with E-state index in [0.717, 1.165) is 10.4 Å². The number of esters is 1. The Morgan fingerprint density at radius 2 is 1.37 bits per heavy atom. The number of rotatable bonds is 14. The van der Waals surface area contributed by atoms with Crippen molar-refractivity contribution in [1.29, 1.82) is 0 Å². The van der Waals surface area contributed by atoms with Gasteiger partial charge in [0.05, 0.1) is 25.4 Å². The van der Waals surface area contributed by atoms with Crippen LogP contribution in [0.15, 0.2) is 91.0 Å². The molecule has 10 heteroatoms. The van der Waals surface area contributed by atoms with Crippen molar-refractivity contribution < 1.29 is 37.0 Å². The molecule has 0 aliphatic carbocycles. The second-order valence-corrected chi connectivity index (χ2v) is 17.7. The molecule has 0 spiro atoms. The van der Waals surface area contributed by atoms with Crippen LogP contribution in [0.2, 0.25) is 5.04 Å². The SMILES string of the molecule is CCOP(=O)(CO[C@@H]1C[C@H](OC(=O)c2ccccc2)[C@@H](CO[Si](c2ccccc2)(c2ccccc2)C(C)(C)C)O1)OCC. The predicted molar refractivity (Wildman–Crippen MR) is 169 cm³/mol. The summed E-state index contributed by atoms with van der Waals surface area (Å²) < 4.78 is 49.1. The Kier molecular flexibility index (Phi) is 11.5. The van der Waals surface area contributed by atoms with E-state index >= 15 is 0 Å². The lowest BCUT2D eigenvalue weighted by Gasteiger charge is -2.43. The van der Waals surface area contributed by atoms with Gasteiger partial charge in [-0.3, -0.25) is 4.57 Å². The van der Waals surface area contributed by atoms with Crippen molar-refractivity contribution in [1.82, 2.24) is 0 Å². The highest BCUT2D eigenvalue weighted by Gasteiger charge is 2.51. The van der Waals surface area contributed by atoms with E-state index < -0.39 is 40.4 Å². The number of hydrogen-bond acceptors (Lipinski definition) is 8. The quantitative estimate of drug-likeness (QED) is 0.120. The van der Waals surface area contributed by atoms with Crippen molar-refractivity contribution >= 4 is 32.3 Å². The van der Waals surface area contributed by atoms with Gasteiger partial charge in [0.1, 0.15) is 12.2 Å². The Bertz CT molecular complexity index is 1280. The Hall–Kier alpha value is -2.62. The van der Waals surface area contributed by atoms with Crippen LogP contribution in [0, 0.1) is 0 Å². The van der Waals surface area contributed by atoms with E-state index in [9.17, 15) is 9.36 Å². The molecule has 0 unspecified atom stereocenters. The fourth-order valence-electron chi connectivity index (χ4n) is 5.49. The lowest BCUT2D eigenvalue weighted by molar-refractivity contribution is -0.134. The Morgan fingerprint density at radius 1 is 0.860 bits per heavy atom. The predicted octanol–water partition coefficient (Wildman–Crippen LogP) is 6.14. The molecule has 0 N–H and O–H groups in total. The maximum Gasteiger partial charge on any atom is 0.356 e. The number of carbonyl (C=O) groups excluding carboxylic acids is 1. The minimum atomic E-state index is -3.47. The highest BCUT2D eigenvalue weighted by atomic mass is 31.2. The van der Waals surface area contributed by atoms with Crippen LogP contribution in [0.1, 0.15) is 51.4 Å². The van der Waals surface area contributed by atoms with Crippen LogP contribution in [-0.2, 0) is 32.2 Å². The highest BCUT2D eigenvalue weighted by Crippen LogP contribution is 2.48. The van der Waals surface area contributed by atoms with E-state index in [0.29, 0.717) is 5.56 Å². The molecule has 1 aliphatic rings. The summed E-state index contributed by atoms with van der Waals surface area (Å²) in [7, 11) is -6.35. The van der Waals surface area contributed by atoms with Gasteiger partial charge in [-0.1, -0.05) is 99.6 Å². The van der Waals surface area contributed by atoms with Gasteiger partial charge in [-0.2, -0.15) is 0 Å². The van der Waals surface area contributed by atoms with Gasteiger partial charge in [0.2, 0.25) is 0 Å². The summed E-state index contributed by atoms with van der Waals surface area (Å²) in [5, 5.41) is 2.01. The first kappa shape index (κ1) is 33.3. The van der Waals surface area contributed by atoms with Gasteiger partial charge in [-0.05, 0) is 41.4 Å². The number of benzene rings is 3. The molecule has 1 aliphatic heterocycles. The first-order chi connectivity index (χ1) is 20.6. The van der Waals surface area contributed by atoms with Crippen molar-refractivity contribution in [3.8, 4) is 0 Å². The van der Waals surface area contributed by atoms with Crippen molar-refractivity contribution in [3.63, 3.8) is 0 Å².